The number of hydrogen-bond donors (Lipinski definition) is 1. The average Bonchev–Trinajstić information content (AvgIpc) is 3.09. The van der Waals surface area contributed by atoms with Gasteiger partial charge in [-0.05, 0) is 18.1 Å². The van der Waals surface area contributed by atoms with Crippen molar-refractivity contribution in [1.82, 2.24) is 20.1 Å². The summed E-state index contributed by atoms with van der Waals surface area (Å²) in [5.41, 5.74) is 2.69. The molecule has 0 radical (unpaired) electrons. The standard InChI is InChI=1S/C17H23N5O/c1-2-4-16(21-7-9-23-10-8-21)14(3-1)11-18-15-5-6-17-19-13-20-22(17)12-15/h1-4,13,15,18H,5-12H2/t15-/m0/s1. The highest BCUT2D eigenvalue weighted by Crippen LogP contribution is 2.22. The second-order valence-electron chi connectivity index (χ2n) is 6.20. The summed E-state index contributed by atoms with van der Waals surface area (Å²) in [6.45, 7) is 5.39. The number of benzene rings is 1. The van der Waals surface area contributed by atoms with Crippen LogP contribution in [0.1, 0.15) is 17.8 Å². The van der Waals surface area contributed by atoms with Crippen LogP contribution in [-0.4, -0.2) is 47.1 Å². The van der Waals surface area contributed by atoms with Crippen LogP contribution in [0.3, 0.4) is 0 Å². The Hall–Kier alpha value is -1.92. The van der Waals surface area contributed by atoms with Crippen molar-refractivity contribution in [1.29, 1.82) is 0 Å². The number of hydrogen-bond acceptors (Lipinski definition) is 5. The molecule has 1 N–H and O–H groups in total. The third-order valence-corrected chi connectivity index (χ3v) is 4.73. The molecule has 0 spiro atoms. The normalized spacial score (nSPS) is 21.2. The van der Waals surface area contributed by atoms with Gasteiger partial charge in [0.2, 0.25) is 0 Å². The van der Waals surface area contributed by atoms with Crippen LogP contribution in [0.5, 0.6) is 0 Å². The minimum absolute atomic E-state index is 0.460. The SMILES string of the molecule is c1ccc(N2CCOCC2)c(CN[C@H]2CCc3ncnn3C2)c1. The fourth-order valence-corrected chi connectivity index (χ4v) is 3.43. The Labute approximate surface area is 136 Å². The van der Waals surface area contributed by atoms with E-state index in [0.717, 1.165) is 58.1 Å². The molecule has 1 fully saturated rings. The zero-order valence-corrected chi connectivity index (χ0v) is 13.3. The van der Waals surface area contributed by atoms with Crippen molar-refractivity contribution in [2.75, 3.05) is 31.2 Å². The third-order valence-electron chi connectivity index (χ3n) is 4.73. The summed E-state index contributed by atoms with van der Waals surface area (Å²) >= 11 is 0. The van der Waals surface area contributed by atoms with Gasteiger partial charge >= 0.3 is 0 Å². The van der Waals surface area contributed by atoms with Crippen molar-refractivity contribution in [3.63, 3.8) is 0 Å². The van der Waals surface area contributed by atoms with Gasteiger partial charge in [0.25, 0.3) is 0 Å². The zero-order valence-electron chi connectivity index (χ0n) is 13.3. The molecule has 0 saturated carbocycles. The van der Waals surface area contributed by atoms with Gasteiger partial charge in [-0.2, -0.15) is 5.10 Å². The van der Waals surface area contributed by atoms with Crippen LogP contribution in [0.15, 0.2) is 30.6 Å². The van der Waals surface area contributed by atoms with Crippen LogP contribution in [0.4, 0.5) is 5.69 Å². The molecule has 0 amide bonds. The lowest BCUT2D eigenvalue weighted by Crippen LogP contribution is -2.39. The number of aromatic nitrogens is 3. The Kier molecular flexibility index (Phi) is 4.26. The van der Waals surface area contributed by atoms with Gasteiger partial charge in [-0.25, -0.2) is 9.67 Å². The molecule has 2 aromatic rings. The lowest BCUT2D eigenvalue weighted by molar-refractivity contribution is 0.122. The molecule has 0 aliphatic carbocycles. The molecular weight excluding hydrogens is 290 g/mol. The maximum Gasteiger partial charge on any atom is 0.138 e. The van der Waals surface area contributed by atoms with E-state index in [9.17, 15) is 0 Å². The predicted octanol–water partition coefficient (Wildman–Crippen LogP) is 1.22. The van der Waals surface area contributed by atoms with Crippen LogP contribution in [0.2, 0.25) is 0 Å². The van der Waals surface area contributed by atoms with E-state index in [4.69, 9.17) is 4.74 Å². The van der Waals surface area contributed by atoms with Gasteiger partial charge in [-0.15, -0.1) is 0 Å². The molecule has 6 heteroatoms. The molecular formula is C17H23N5O. The average molecular weight is 313 g/mol. The molecule has 4 rings (SSSR count). The van der Waals surface area contributed by atoms with E-state index in [1.807, 2.05) is 4.68 Å². The minimum atomic E-state index is 0.460. The quantitative estimate of drug-likeness (QED) is 0.920. The summed E-state index contributed by atoms with van der Waals surface area (Å²) in [5.74, 6) is 1.11. The summed E-state index contributed by atoms with van der Waals surface area (Å²) in [6, 6.07) is 9.15. The van der Waals surface area contributed by atoms with Gasteiger partial charge in [0, 0.05) is 37.8 Å². The van der Waals surface area contributed by atoms with Gasteiger partial charge in [-0.1, -0.05) is 18.2 Å². The Bertz CT molecular complexity index is 650. The Morgan fingerprint density at radius 3 is 3.00 bits per heavy atom. The lowest BCUT2D eigenvalue weighted by Gasteiger charge is -2.31. The van der Waals surface area contributed by atoms with Gasteiger partial charge in [0.15, 0.2) is 0 Å². The number of aryl methyl sites for hydroxylation is 1. The van der Waals surface area contributed by atoms with Crippen molar-refractivity contribution < 1.29 is 4.74 Å². The second-order valence-corrected chi connectivity index (χ2v) is 6.20. The molecule has 0 unspecified atom stereocenters. The smallest absolute Gasteiger partial charge is 0.138 e. The molecule has 2 aliphatic rings. The highest BCUT2D eigenvalue weighted by atomic mass is 16.5. The predicted molar refractivity (Wildman–Crippen MR) is 88.4 cm³/mol. The van der Waals surface area contributed by atoms with E-state index in [2.05, 4.69) is 44.6 Å². The number of morpholine rings is 1. The van der Waals surface area contributed by atoms with Crippen LogP contribution < -0.4 is 10.2 Å². The number of ether oxygens (including phenoxy) is 1. The minimum Gasteiger partial charge on any atom is -0.378 e. The summed E-state index contributed by atoms with van der Waals surface area (Å²) < 4.78 is 7.49. The van der Waals surface area contributed by atoms with Gasteiger partial charge in [0.1, 0.15) is 12.2 Å². The van der Waals surface area contributed by atoms with Crippen molar-refractivity contribution in [2.24, 2.45) is 0 Å². The number of fused-ring (bicyclic) bond motifs is 1. The maximum atomic E-state index is 5.47. The highest BCUT2D eigenvalue weighted by Gasteiger charge is 2.20. The summed E-state index contributed by atoms with van der Waals surface area (Å²) in [6.07, 6.45) is 3.78. The van der Waals surface area contributed by atoms with E-state index in [1.165, 1.54) is 11.3 Å². The molecule has 1 aromatic heterocycles. The molecule has 1 saturated heterocycles. The summed E-state index contributed by atoms with van der Waals surface area (Å²) in [7, 11) is 0. The fourth-order valence-electron chi connectivity index (χ4n) is 3.43. The molecule has 6 nitrogen and oxygen atoms in total. The molecule has 23 heavy (non-hydrogen) atoms. The first-order valence-corrected chi connectivity index (χ1v) is 8.41. The van der Waals surface area contributed by atoms with Crippen molar-refractivity contribution in [3.8, 4) is 0 Å². The molecule has 3 heterocycles. The van der Waals surface area contributed by atoms with Gasteiger partial charge in [0.05, 0.1) is 19.8 Å². The summed E-state index contributed by atoms with van der Waals surface area (Å²) in [5, 5.41) is 8.00. The topological polar surface area (TPSA) is 55.2 Å². The first-order valence-electron chi connectivity index (χ1n) is 8.41. The monoisotopic (exact) mass is 313 g/mol. The number of nitrogens with zero attached hydrogens (tertiary/aromatic N) is 4. The Morgan fingerprint density at radius 2 is 2.09 bits per heavy atom. The van der Waals surface area contributed by atoms with Crippen molar-refractivity contribution in [2.45, 2.75) is 32.0 Å². The van der Waals surface area contributed by atoms with E-state index in [0.29, 0.717) is 6.04 Å². The van der Waals surface area contributed by atoms with E-state index >= 15 is 0 Å². The van der Waals surface area contributed by atoms with Crippen LogP contribution in [-0.2, 0) is 24.2 Å². The van der Waals surface area contributed by atoms with Crippen molar-refractivity contribution in [3.05, 3.63) is 42.0 Å². The Morgan fingerprint density at radius 1 is 1.22 bits per heavy atom. The van der Waals surface area contributed by atoms with Gasteiger partial charge < -0.3 is 15.0 Å². The Balaban J connectivity index is 1.41. The molecule has 2 aliphatic heterocycles. The first kappa shape index (κ1) is 14.7. The second kappa shape index (κ2) is 6.68. The summed E-state index contributed by atoms with van der Waals surface area (Å²) in [4.78, 5) is 6.72. The number of anilines is 1. The maximum absolute atomic E-state index is 5.47. The van der Waals surface area contributed by atoms with Crippen LogP contribution in [0.25, 0.3) is 0 Å². The number of para-hydroxylation sites is 1. The molecule has 122 valence electrons. The number of nitrogens with one attached hydrogen (secondary N) is 1. The third kappa shape index (κ3) is 3.23. The lowest BCUT2D eigenvalue weighted by atomic mass is 10.1. The fraction of sp³-hybridized carbons (Fsp3) is 0.529. The van der Waals surface area contributed by atoms with E-state index < -0.39 is 0 Å². The molecule has 1 aromatic carbocycles. The first-order chi connectivity index (χ1) is 11.4. The molecule has 0 bridgehead atoms. The molecule has 1 atom stereocenters. The number of rotatable bonds is 4. The highest BCUT2D eigenvalue weighted by molar-refractivity contribution is 5.53. The van der Waals surface area contributed by atoms with Crippen LogP contribution >= 0.6 is 0 Å². The van der Waals surface area contributed by atoms with E-state index in [1.54, 1.807) is 6.33 Å². The van der Waals surface area contributed by atoms with Gasteiger partial charge in [-0.3, -0.25) is 0 Å². The van der Waals surface area contributed by atoms with Crippen molar-refractivity contribution >= 4 is 5.69 Å². The zero-order chi connectivity index (χ0) is 15.5. The van der Waals surface area contributed by atoms with E-state index in [-0.39, 0.29) is 0 Å². The van der Waals surface area contributed by atoms with Crippen LogP contribution in [0, 0.1) is 0 Å². The largest absolute Gasteiger partial charge is 0.378 e.